The molecule has 0 bridgehead atoms. The van der Waals surface area contributed by atoms with Crippen molar-refractivity contribution < 1.29 is 19.5 Å². The highest BCUT2D eigenvalue weighted by Gasteiger charge is 2.26. The first-order valence-electron chi connectivity index (χ1n) is 7.83. The smallest absolute Gasteiger partial charge is 0.317 e. The molecule has 1 heterocycles. The average Bonchev–Trinajstić information content (AvgIpc) is 2.55. The van der Waals surface area contributed by atoms with E-state index in [4.69, 9.17) is 5.11 Å². The molecule has 0 radical (unpaired) electrons. The molecule has 0 atom stereocenters. The fourth-order valence-electron chi connectivity index (χ4n) is 2.61. The molecule has 0 saturated carbocycles. The summed E-state index contributed by atoms with van der Waals surface area (Å²) in [6.45, 7) is 3.12. The molecule has 1 aromatic rings. The van der Waals surface area contributed by atoms with E-state index in [1.165, 1.54) is 0 Å². The monoisotopic (exact) mass is 318 g/mol. The molecular formula is C17H22N2O4. The van der Waals surface area contributed by atoms with Crippen molar-refractivity contribution in [3.8, 4) is 0 Å². The van der Waals surface area contributed by atoms with E-state index in [1.807, 2.05) is 19.1 Å². The molecule has 1 aliphatic heterocycles. The molecule has 0 spiro atoms. The van der Waals surface area contributed by atoms with Gasteiger partial charge in [-0.3, -0.25) is 9.59 Å². The number of hydrogen-bond acceptors (Lipinski definition) is 3. The molecule has 6 heteroatoms. The summed E-state index contributed by atoms with van der Waals surface area (Å²) in [5.41, 5.74) is 1.74. The molecule has 2 amide bonds. The van der Waals surface area contributed by atoms with Gasteiger partial charge in [0.15, 0.2) is 5.78 Å². The number of rotatable bonds is 5. The Kier molecular flexibility index (Phi) is 5.73. The number of carboxylic acids is 1. The van der Waals surface area contributed by atoms with Crippen molar-refractivity contribution in [2.24, 2.45) is 5.92 Å². The van der Waals surface area contributed by atoms with Gasteiger partial charge in [0, 0.05) is 31.6 Å². The topological polar surface area (TPSA) is 86.7 Å². The molecule has 1 aromatic carbocycles. The van der Waals surface area contributed by atoms with E-state index in [9.17, 15) is 14.4 Å². The van der Waals surface area contributed by atoms with Crippen LogP contribution in [0.15, 0.2) is 24.3 Å². The molecule has 1 saturated heterocycles. The van der Waals surface area contributed by atoms with Gasteiger partial charge in [-0.15, -0.1) is 0 Å². The van der Waals surface area contributed by atoms with Gasteiger partial charge >= 0.3 is 12.0 Å². The molecule has 23 heavy (non-hydrogen) atoms. The van der Waals surface area contributed by atoms with Crippen molar-refractivity contribution in [2.75, 3.05) is 19.6 Å². The Labute approximate surface area is 135 Å². The van der Waals surface area contributed by atoms with E-state index in [1.54, 1.807) is 17.0 Å². The number of aryl methyl sites for hydroxylation is 1. The lowest BCUT2D eigenvalue weighted by atomic mass is 9.97. The molecule has 6 nitrogen and oxygen atoms in total. The number of benzene rings is 1. The molecule has 124 valence electrons. The zero-order valence-electron chi connectivity index (χ0n) is 13.2. The fourth-order valence-corrected chi connectivity index (χ4v) is 2.61. The zero-order chi connectivity index (χ0) is 16.8. The van der Waals surface area contributed by atoms with Crippen LogP contribution in [0.2, 0.25) is 0 Å². The standard InChI is InChI=1S/C17H22N2O4/c1-12-2-4-13(5-3-12)15(20)6-9-18-17(23)19-10-7-14(8-11-19)16(21)22/h2-5,14H,6-11H2,1H3,(H,18,23)(H,21,22). The van der Waals surface area contributed by atoms with Gasteiger partial charge in [0.05, 0.1) is 5.92 Å². The van der Waals surface area contributed by atoms with Gasteiger partial charge in [0.1, 0.15) is 0 Å². The highest BCUT2D eigenvalue weighted by molar-refractivity contribution is 5.96. The number of nitrogens with one attached hydrogen (secondary N) is 1. The first-order chi connectivity index (χ1) is 11.0. The summed E-state index contributed by atoms with van der Waals surface area (Å²) >= 11 is 0. The maximum absolute atomic E-state index is 12.0. The van der Waals surface area contributed by atoms with Crippen molar-refractivity contribution in [3.05, 3.63) is 35.4 Å². The maximum Gasteiger partial charge on any atom is 0.317 e. The number of urea groups is 1. The van der Waals surface area contributed by atoms with Crippen LogP contribution in [0, 0.1) is 12.8 Å². The van der Waals surface area contributed by atoms with E-state index in [2.05, 4.69) is 5.32 Å². The van der Waals surface area contributed by atoms with Gasteiger partial charge in [-0.05, 0) is 19.8 Å². The van der Waals surface area contributed by atoms with E-state index in [0.29, 0.717) is 31.5 Å². The van der Waals surface area contributed by atoms with Crippen LogP contribution in [0.3, 0.4) is 0 Å². The van der Waals surface area contributed by atoms with E-state index >= 15 is 0 Å². The number of aliphatic carboxylic acids is 1. The minimum Gasteiger partial charge on any atom is -0.481 e. The summed E-state index contributed by atoms with van der Waals surface area (Å²) in [7, 11) is 0. The zero-order valence-corrected chi connectivity index (χ0v) is 13.2. The third kappa shape index (κ3) is 4.81. The summed E-state index contributed by atoms with van der Waals surface area (Å²) in [6, 6.07) is 7.12. The minimum atomic E-state index is -0.797. The van der Waals surface area contributed by atoms with Crippen molar-refractivity contribution in [1.29, 1.82) is 0 Å². The first-order valence-corrected chi connectivity index (χ1v) is 7.83. The lowest BCUT2D eigenvalue weighted by Crippen LogP contribution is -2.45. The van der Waals surface area contributed by atoms with Gasteiger partial charge in [-0.2, -0.15) is 0 Å². The number of amides is 2. The van der Waals surface area contributed by atoms with Crippen molar-refractivity contribution in [2.45, 2.75) is 26.2 Å². The average molecular weight is 318 g/mol. The van der Waals surface area contributed by atoms with Crippen molar-refractivity contribution in [1.82, 2.24) is 10.2 Å². The molecule has 0 aliphatic carbocycles. The lowest BCUT2D eigenvalue weighted by molar-refractivity contribution is -0.143. The Balaban J connectivity index is 1.72. The van der Waals surface area contributed by atoms with Gasteiger partial charge in [-0.25, -0.2) is 4.79 Å². The maximum atomic E-state index is 12.0. The molecule has 2 rings (SSSR count). The highest BCUT2D eigenvalue weighted by Crippen LogP contribution is 2.17. The van der Waals surface area contributed by atoms with E-state index in [-0.39, 0.29) is 30.7 Å². The fraction of sp³-hybridized carbons (Fsp3) is 0.471. The van der Waals surface area contributed by atoms with E-state index < -0.39 is 5.97 Å². The lowest BCUT2D eigenvalue weighted by Gasteiger charge is -2.30. The van der Waals surface area contributed by atoms with Crippen LogP contribution in [-0.4, -0.2) is 47.4 Å². The van der Waals surface area contributed by atoms with Gasteiger partial charge < -0.3 is 15.3 Å². The number of hydrogen-bond donors (Lipinski definition) is 2. The van der Waals surface area contributed by atoms with Crippen LogP contribution >= 0.6 is 0 Å². The predicted octanol–water partition coefficient (Wildman–Crippen LogP) is 2.07. The minimum absolute atomic E-state index is 0.00474. The number of nitrogens with zero attached hydrogens (tertiary/aromatic N) is 1. The summed E-state index contributed by atoms with van der Waals surface area (Å²) in [6.07, 6.45) is 1.20. The van der Waals surface area contributed by atoms with Gasteiger partial charge in [0.2, 0.25) is 0 Å². The second-order valence-corrected chi connectivity index (χ2v) is 5.87. The normalized spacial score (nSPS) is 15.3. The van der Waals surface area contributed by atoms with Crippen LogP contribution in [-0.2, 0) is 4.79 Å². The predicted molar refractivity (Wildman–Crippen MR) is 85.5 cm³/mol. The second-order valence-electron chi connectivity index (χ2n) is 5.87. The molecular weight excluding hydrogens is 296 g/mol. The van der Waals surface area contributed by atoms with E-state index in [0.717, 1.165) is 5.56 Å². The number of carboxylic acid groups (broad SMARTS) is 1. The SMILES string of the molecule is Cc1ccc(C(=O)CCNC(=O)N2CCC(C(=O)O)CC2)cc1. The third-order valence-corrected chi connectivity index (χ3v) is 4.13. The summed E-state index contributed by atoms with van der Waals surface area (Å²) in [5, 5.41) is 11.7. The van der Waals surface area contributed by atoms with Gasteiger partial charge in [0.25, 0.3) is 0 Å². The number of piperidine rings is 1. The largest absolute Gasteiger partial charge is 0.481 e. The third-order valence-electron chi connectivity index (χ3n) is 4.13. The summed E-state index contributed by atoms with van der Waals surface area (Å²) in [5.74, 6) is -1.16. The molecule has 2 N–H and O–H groups in total. The Morgan fingerprint density at radius 3 is 2.35 bits per heavy atom. The molecule has 1 aliphatic rings. The number of Topliss-reactive ketones (excluding diaryl/α,β-unsaturated/α-hetero) is 1. The van der Waals surface area contributed by atoms with Gasteiger partial charge in [-0.1, -0.05) is 29.8 Å². The number of ketones is 1. The van der Waals surface area contributed by atoms with Crippen LogP contribution < -0.4 is 5.32 Å². The Morgan fingerprint density at radius 1 is 1.17 bits per heavy atom. The van der Waals surface area contributed by atoms with Crippen LogP contribution in [0.4, 0.5) is 4.79 Å². The first kappa shape index (κ1) is 17.0. The number of carbonyl (C=O) groups excluding carboxylic acids is 2. The number of carbonyl (C=O) groups is 3. The number of likely N-dealkylation sites (tertiary alicyclic amines) is 1. The van der Waals surface area contributed by atoms with Crippen molar-refractivity contribution >= 4 is 17.8 Å². The van der Waals surface area contributed by atoms with Crippen molar-refractivity contribution in [3.63, 3.8) is 0 Å². The van der Waals surface area contributed by atoms with Crippen LogP contribution in [0.1, 0.15) is 35.2 Å². The second kappa shape index (κ2) is 7.76. The quantitative estimate of drug-likeness (QED) is 0.814. The van der Waals surface area contributed by atoms with Crippen LogP contribution in [0.25, 0.3) is 0 Å². The highest BCUT2D eigenvalue weighted by atomic mass is 16.4. The Hall–Kier alpha value is -2.37. The van der Waals surface area contributed by atoms with Crippen LogP contribution in [0.5, 0.6) is 0 Å². The summed E-state index contributed by atoms with van der Waals surface area (Å²) < 4.78 is 0. The summed E-state index contributed by atoms with van der Waals surface area (Å²) in [4.78, 5) is 36.5. The molecule has 0 aromatic heterocycles. The molecule has 1 fully saturated rings. The Morgan fingerprint density at radius 2 is 1.78 bits per heavy atom. The Bertz CT molecular complexity index is 575. The molecule has 0 unspecified atom stereocenters.